The van der Waals surface area contributed by atoms with Gasteiger partial charge in [-0.3, -0.25) is 14.8 Å². The lowest BCUT2D eigenvalue weighted by molar-refractivity contribution is -0.139. The van der Waals surface area contributed by atoms with Gasteiger partial charge in [-0.15, -0.1) is 0 Å². The van der Waals surface area contributed by atoms with E-state index in [4.69, 9.17) is 5.21 Å². The predicted octanol–water partition coefficient (Wildman–Crippen LogP) is 3.45. The lowest BCUT2D eigenvalue weighted by Gasteiger charge is -2.28. The second-order valence-electron chi connectivity index (χ2n) is 8.35. The zero-order chi connectivity index (χ0) is 23.4. The minimum absolute atomic E-state index is 0.223. The van der Waals surface area contributed by atoms with Crippen LogP contribution in [0.2, 0.25) is 0 Å². The Balaban J connectivity index is 1.51. The summed E-state index contributed by atoms with van der Waals surface area (Å²) < 4.78 is 13.5. The molecule has 0 saturated carbocycles. The molecule has 2 amide bonds. The Morgan fingerprint density at radius 3 is 2.48 bits per heavy atom. The minimum Gasteiger partial charge on any atom is -0.367 e. The second-order valence-corrected chi connectivity index (χ2v) is 8.35. The van der Waals surface area contributed by atoms with Crippen LogP contribution in [0.3, 0.4) is 0 Å². The highest BCUT2D eigenvalue weighted by atomic mass is 19.1. The average Bonchev–Trinajstić information content (AvgIpc) is 3.15. The van der Waals surface area contributed by atoms with Gasteiger partial charge in [0, 0.05) is 18.4 Å². The molecule has 0 radical (unpaired) electrons. The monoisotopic (exact) mass is 448 g/mol. The van der Waals surface area contributed by atoms with E-state index in [1.54, 1.807) is 29.7 Å². The molecule has 0 spiro atoms. The van der Waals surface area contributed by atoms with Crippen LogP contribution >= 0.6 is 0 Å². The van der Waals surface area contributed by atoms with Crippen LogP contribution in [0.4, 0.5) is 4.39 Å². The summed E-state index contributed by atoms with van der Waals surface area (Å²) >= 11 is 0. The van der Waals surface area contributed by atoms with Crippen LogP contribution < -0.4 is 10.8 Å². The van der Waals surface area contributed by atoms with Gasteiger partial charge < -0.3 is 10.4 Å². The van der Waals surface area contributed by atoms with Gasteiger partial charge in [0.2, 0.25) is 11.8 Å². The molecule has 3 aromatic carbocycles. The van der Waals surface area contributed by atoms with Crippen molar-refractivity contribution >= 4 is 11.8 Å². The molecule has 0 heterocycles. The van der Waals surface area contributed by atoms with Crippen molar-refractivity contribution in [2.24, 2.45) is 5.92 Å². The summed E-state index contributed by atoms with van der Waals surface area (Å²) in [6.45, 7) is 0. The van der Waals surface area contributed by atoms with Gasteiger partial charge in [-0.2, -0.15) is 0 Å². The lowest BCUT2D eigenvalue weighted by Crippen LogP contribution is -2.47. The number of halogens is 1. The molecule has 0 aliphatic heterocycles. The number of rotatable bonds is 7. The van der Waals surface area contributed by atoms with Crippen molar-refractivity contribution in [3.8, 4) is 11.1 Å². The number of carbonyl (C=O) groups excluding carboxylic acids is 2. The number of hydrogen-bond acceptors (Lipinski definition) is 4. The smallest absolute Gasteiger partial charge is 0.244 e. The molecule has 0 aromatic heterocycles. The van der Waals surface area contributed by atoms with Crippen LogP contribution in [0.15, 0.2) is 72.8 Å². The first-order valence-electron chi connectivity index (χ1n) is 10.8. The van der Waals surface area contributed by atoms with Crippen LogP contribution in [0.1, 0.15) is 29.5 Å². The number of hydroxylamine groups is 1. The Morgan fingerprint density at radius 1 is 1.00 bits per heavy atom. The summed E-state index contributed by atoms with van der Waals surface area (Å²) in [5.74, 6) is -2.30. The van der Waals surface area contributed by atoms with Crippen LogP contribution in [-0.2, 0) is 28.2 Å². The zero-order valence-corrected chi connectivity index (χ0v) is 17.9. The molecule has 1 aliphatic rings. The largest absolute Gasteiger partial charge is 0.367 e. The standard InChI is InChI=1S/C26H25FN2O4/c27-22-6-3-5-20(15-22)18-10-8-17(9-11-18)14-21(16-24(30)29-33)25(31)28-26(32)13-12-19-4-1-2-7-23(19)26/h1-11,15,21,32-33H,12-14,16H2,(H,28,31)(H,29,30)/t21-,26+/m1/s1. The lowest BCUT2D eigenvalue weighted by atomic mass is 9.92. The number of amides is 2. The van der Waals surface area contributed by atoms with Crippen LogP contribution in [0.5, 0.6) is 0 Å². The van der Waals surface area contributed by atoms with Gasteiger partial charge in [0.25, 0.3) is 0 Å². The van der Waals surface area contributed by atoms with Crippen molar-refractivity contribution in [3.63, 3.8) is 0 Å². The van der Waals surface area contributed by atoms with Crippen molar-refractivity contribution in [1.82, 2.24) is 10.8 Å². The second kappa shape index (κ2) is 9.52. The van der Waals surface area contributed by atoms with Crippen molar-refractivity contribution < 1.29 is 24.3 Å². The molecule has 0 unspecified atom stereocenters. The van der Waals surface area contributed by atoms with Crippen LogP contribution in [0.25, 0.3) is 11.1 Å². The fourth-order valence-corrected chi connectivity index (χ4v) is 4.34. The van der Waals surface area contributed by atoms with Gasteiger partial charge in [0.15, 0.2) is 5.72 Å². The van der Waals surface area contributed by atoms with E-state index in [1.807, 2.05) is 36.4 Å². The number of hydrogen-bond donors (Lipinski definition) is 4. The van der Waals surface area contributed by atoms with E-state index < -0.39 is 23.5 Å². The first-order valence-corrected chi connectivity index (χ1v) is 10.8. The fraction of sp³-hybridized carbons (Fsp3) is 0.231. The van der Waals surface area contributed by atoms with Gasteiger partial charge in [0.05, 0.1) is 5.92 Å². The van der Waals surface area contributed by atoms with Gasteiger partial charge >= 0.3 is 0 Å². The molecule has 2 atom stereocenters. The quantitative estimate of drug-likeness (QED) is 0.253. The molecule has 4 N–H and O–H groups in total. The molecule has 0 saturated heterocycles. The molecule has 170 valence electrons. The first kappa shape index (κ1) is 22.6. The maximum absolute atomic E-state index is 13.5. The summed E-state index contributed by atoms with van der Waals surface area (Å²) in [7, 11) is 0. The Morgan fingerprint density at radius 2 is 1.76 bits per heavy atom. The zero-order valence-electron chi connectivity index (χ0n) is 17.9. The molecule has 4 rings (SSSR count). The van der Waals surface area contributed by atoms with E-state index in [0.717, 1.165) is 22.3 Å². The topological polar surface area (TPSA) is 98.7 Å². The van der Waals surface area contributed by atoms with Crippen molar-refractivity contribution in [2.75, 3.05) is 0 Å². The minimum atomic E-state index is -1.50. The number of aryl methyl sites for hydroxylation is 1. The number of benzene rings is 3. The average molecular weight is 448 g/mol. The maximum atomic E-state index is 13.5. The summed E-state index contributed by atoms with van der Waals surface area (Å²) in [6.07, 6.45) is 0.960. The molecule has 7 heteroatoms. The predicted molar refractivity (Wildman–Crippen MR) is 120 cm³/mol. The summed E-state index contributed by atoms with van der Waals surface area (Å²) in [5.41, 5.74) is 4.05. The normalized spacial score (nSPS) is 17.8. The molecule has 0 bridgehead atoms. The number of fused-ring (bicyclic) bond motifs is 1. The molecule has 3 aromatic rings. The van der Waals surface area contributed by atoms with Crippen LogP contribution in [-0.4, -0.2) is 22.1 Å². The number of nitrogens with one attached hydrogen (secondary N) is 2. The Kier molecular flexibility index (Phi) is 6.53. The van der Waals surface area contributed by atoms with E-state index in [-0.39, 0.29) is 18.7 Å². The number of carbonyl (C=O) groups is 2. The van der Waals surface area contributed by atoms with Crippen LogP contribution in [0, 0.1) is 11.7 Å². The fourth-order valence-electron chi connectivity index (χ4n) is 4.34. The molecular weight excluding hydrogens is 423 g/mol. The Labute approximate surface area is 191 Å². The third-order valence-corrected chi connectivity index (χ3v) is 6.07. The van der Waals surface area contributed by atoms with Gasteiger partial charge in [-0.05, 0) is 47.2 Å². The summed E-state index contributed by atoms with van der Waals surface area (Å²) in [5, 5.41) is 22.8. The highest BCUT2D eigenvalue weighted by Gasteiger charge is 2.39. The SMILES string of the molecule is O=C(C[C@@H](Cc1ccc(-c2cccc(F)c2)cc1)C(=O)N[C@]1(O)CCc2ccccc21)NO. The van der Waals surface area contributed by atoms with Crippen molar-refractivity contribution in [1.29, 1.82) is 0 Å². The Bertz CT molecular complexity index is 1160. The molecule has 1 aliphatic carbocycles. The maximum Gasteiger partial charge on any atom is 0.244 e. The van der Waals surface area contributed by atoms with Gasteiger partial charge in [-0.1, -0.05) is 60.7 Å². The van der Waals surface area contributed by atoms with E-state index in [0.29, 0.717) is 18.4 Å². The van der Waals surface area contributed by atoms with E-state index >= 15 is 0 Å². The molecule has 6 nitrogen and oxygen atoms in total. The molecule has 0 fully saturated rings. The molecule has 33 heavy (non-hydrogen) atoms. The van der Waals surface area contributed by atoms with Gasteiger partial charge in [0.1, 0.15) is 5.82 Å². The van der Waals surface area contributed by atoms with E-state index in [2.05, 4.69) is 5.32 Å². The Hall–Kier alpha value is -3.55. The summed E-state index contributed by atoms with van der Waals surface area (Å²) in [6, 6.07) is 20.9. The third kappa shape index (κ3) is 5.10. The highest BCUT2D eigenvalue weighted by Crippen LogP contribution is 2.35. The third-order valence-electron chi connectivity index (χ3n) is 6.07. The number of aliphatic hydroxyl groups is 1. The van der Waals surface area contributed by atoms with E-state index in [9.17, 15) is 19.1 Å². The highest BCUT2D eigenvalue weighted by molar-refractivity contribution is 5.86. The summed E-state index contributed by atoms with van der Waals surface area (Å²) in [4.78, 5) is 25.0. The molecular formula is C26H25FN2O4. The first-order chi connectivity index (χ1) is 15.9. The van der Waals surface area contributed by atoms with Crippen molar-refractivity contribution in [2.45, 2.75) is 31.4 Å². The van der Waals surface area contributed by atoms with Crippen molar-refractivity contribution in [3.05, 3.63) is 95.3 Å². The van der Waals surface area contributed by atoms with E-state index in [1.165, 1.54) is 12.1 Å². The van der Waals surface area contributed by atoms with Gasteiger partial charge in [-0.25, -0.2) is 9.87 Å².